The van der Waals surface area contributed by atoms with E-state index in [2.05, 4.69) is 29.1 Å². The lowest BCUT2D eigenvalue weighted by Gasteiger charge is -2.14. The molecular formula is C15H20N4. The Hall–Kier alpha value is -1.94. The van der Waals surface area contributed by atoms with Gasteiger partial charge in [-0.2, -0.15) is 0 Å². The molecule has 0 amide bonds. The summed E-state index contributed by atoms with van der Waals surface area (Å²) < 4.78 is 0. The number of nitrogens with one attached hydrogen (secondary N) is 1. The van der Waals surface area contributed by atoms with Gasteiger partial charge in [0.25, 0.3) is 0 Å². The van der Waals surface area contributed by atoms with Gasteiger partial charge in [-0.25, -0.2) is 9.97 Å². The second kappa shape index (κ2) is 6.29. The van der Waals surface area contributed by atoms with Gasteiger partial charge in [0, 0.05) is 24.3 Å². The summed E-state index contributed by atoms with van der Waals surface area (Å²) in [7, 11) is 0. The first-order valence-corrected chi connectivity index (χ1v) is 6.53. The molecule has 1 atom stereocenters. The van der Waals surface area contributed by atoms with E-state index in [0.717, 1.165) is 17.1 Å². The summed E-state index contributed by atoms with van der Waals surface area (Å²) in [5.41, 5.74) is 8.29. The second-order valence-corrected chi connectivity index (χ2v) is 4.88. The minimum atomic E-state index is -0.0429. The first-order chi connectivity index (χ1) is 9.16. The zero-order chi connectivity index (χ0) is 13.7. The van der Waals surface area contributed by atoms with Crippen molar-refractivity contribution in [2.45, 2.75) is 25.8 Å². The summed E-state index contributed by atoms with van der Waals surface area (Å²) in [5, 5.41) is 3.26. The molecule has 1 aromatic heterocycles. The SMILES string of the molecule is CC(C)c1cc(NCC(N)c2ccccc2)ncn1. The van der Waals surface area contributed by atoms with E-state index in [9.17, 15) is 0 Å². The third-order valence-electron chi connectivity index (χ3n) is 3.01. The fraction of sp³-hybridized carbons (Fsp3) is 0.333. The Balaban J connectivity index is 1.97. The third-order valence-corrected chi connectivity index (χ3v) is 3.01. The van der Waals surface area contributed by atoms with Crippen LogP contribution in [0.15, 0.2) is 42.7 Å². The topological polar surface area (TPSA) is 63.8 Å². The van der Waals surface area contributed by atoms with Crippen LogP contribution in [0.2, 0.25) is 0 Å². The second-order valence-electron chi connectivity index (χ2n) is 4.88. The Morgan fingerprint density at radius 2 is 1.89 bits per heavy atom. The number of anilines is 1. The fourth-order valence-electron chi connectivity index (χ4n) is 1.82. The van der Waals surface area contributed by atoms with Gasteiger partial charge in [0.2, 0.25) is 0 Å². The lowest BCUT2D eigenvalue weighted by Crippen LogP contribution is -2.21. The van der Waals surface area contributed by atoms with Gasteiger partial charge in [-0.15, -0.1) is 0 Å². The van der Waals surface area contributed by atoms with Crippen molar-refractivity contribution in [3.63, 3.8) is 0 Å². The monoisotopic (exact) mass is 256 g/mol. The van der Waals surface area contributed by atoms with Gasteiger partial charge < -0.3 is 11.1 Å². The quantitative estimate of drug-likeness (QED) is 0.863. The molecule has 19 heavy (non-hydrogen) atoms. The van der Waals surface area contributed by atoms with Crippen molar-refractivity contribution in [1.82, 2.24) is 9.97 Å². The summed E-state index contributed by atoms with van der Waals surface area (Å²) in [4.78, 5) is 8.45. The highest BCUT2D eigenvalue weighted by molar-refractivity contribution is 5.36. The molecular weight excluding hydrogens is 236 g/mol. The van der Waals surface area contributed by atoms with Crippen molar-refractivity contribution in [3.05, 3.63) is 54.0 Å². The van der Waals surface area contributed by atoms with Crippen LogP contribution in [-0.2, 0) is 0 Å². The summed E-state index contributed by atoms with van der Waals surface area (Å²) >= 11 is 0. The highest BCUT2D eigenvalue weighted by Crippen LogP contribution is 2.15. The molecule has 1 aromatic carbocycles. The molecule has 0 aliphatic rings. The molecule has 0 fully saturated rings. The highest BCUT2D eigenvalue weighted by atomic mass is 15.0. The van der Waals surface area contributed by atoms with Gasteiger partial charge in [-0.3, -0.25) is 0 Å². The predicted molar refractivity (Wildman–Crippen MR) is 78.0 cm³/mol. The van der Waals surface area contributed by atoms with Gasteiger partial charge in [-0.05, 0) is 11.5 Å². The molecule has 0 spiro atoms. The van der Waals surface area contributed by atoms with E-state index in [4.69, 9.17) is 5.73 Å². The largest absolute Gasteiger partial charge is 0.368 e. The first-order valence-electron chi connectivity index (χ1n) is 6.53. The molecule has 4 heteroatoms. The van der Waals surface area contributed by atoms with Crippen LogP contribution < -0.4 is 11.1 Å². The highest BCUT2D eigenvalue weighted by Gasteiger charge is 2.07. The Kier molecular flexibility index (Phi) is 4.47. The van der Waals surface area contributed by atoms with E-state index in [1.807, 2.05) is 36.4 Å². The van der Waals surface area contributed by atoms with Crippen LogP contribution >= 0.6 is 0 Å². The van der Waals surface area contributed by atoms with Crippen LogP contribution in [0, 0.1) is 0 Å². The summed E-state index contributed by atoms with van der Waals surface area (Å²) in [5.74, 6) is 1.22. The minimum Gasteiger partial charge on any atom is -0.368 e. The van der Waals surface area contributed by atoms with Crippen molar-refractivity contribution in [3.8, 4) is 0 Å². The summed E-state index contributed by atoms with van der Waals surface area (Å²) in [6.45, 7) is 4.88. The molecule has 0 bridgehead atoms. The van der Waals surface area contributed by atoms with Crippen molar-refractivity contribution in [2.24, 2.45) is 5.73 Å². The summed E-state index contributed by atoms with van der Waals surface area (Å²) in [6, 6.07) is 12.0. The van der Waals surface area contributed by atoms with E-state index in [1.54, 1.807) is 6.33 Å². The van der Waals surface area contributed by atoms with Crippen molar-refractivity contribution in [2.75, 3.05) is 11.9 Å². The fourth-order valence-corrected chi connectivity index (χ4v) is 1.82. The van der Waals surface area contributed by atoms with E-state index < -0.39 is 0 Å². The Bertz CT molecular complexity index is 511. The Labute approximate surface area is 114 Å². The number of hydrogen-bond donors (Lipinski definition) is 2. The maximum atomic E-state index is 6.13. The smallest absolute Gasteiger partial charge is 0.129 e. The van der Waals surface area contributed by atoms with E-state index in [1.165, 1.54) is 0 Å². The maximum absolute atomic E-state index is 6.13. The molecule has 0 aliphatic carbocycles. The first kappa shape index (κ1) is 13.5. The number of benzene rings is 1. The lowest BCUT2D eigenvalue weighted by atomic mass is 10.1. The zero-order valence-electron chi connectivity index (χ0n) is 11.4. The Morgan fingerprint density at radius 1 is 1.16 bits per heavy atom. The number of nitrogens with zero attached hydrogens (tertiary/aromatic N) is 2. The minimum absolute atomic E-state index is 0.0429. The normalized spacial score (nSPS) is 12.4. The standard InChI is InChI=1S/C15H20N4/c1-11(2)14-8-15(19-10-18-14)17-9-13(16)12-6-4-3-5-7-12/h3-8,10-11,13H,9,16H2,1-2H3,(H,17,18,19). The molecule has 3 N–H and O–H groups in total. The van der Waals surface area contributed by atoms with E-state index in [-0.39, 0.29) is 6.04 Å². The molecule has 2 rings (SSSR count). The van der Waals surface area contributed by atoms with Gasteiger partial charge in [-0.1, -0.05) is 44.2 Å². The van der Waals surface area contributed by atoms with Crippen molar-refractivity contribution >= 4 is 5.82 Å². The summed E-state index contributed by atoms with van der Waals surface area (Å²) in [6.07, 6.45) is 1.59. The van der Waals surface area contributed by atoms with Crippen LogP contribution in [0.4, 0.5) is 5.82 Å². The van der Waals surface area contributed by atoms with Crippen molar-refractivity contribution < 1.29 is 0 Å². The molecule has 0 saturated carbocycles. The van der Waals surface area contributed by atoms with Gasteiger partial charge >= 0.3 is 0 Å². The Morgan fingerprint density at radius 3 is 2.58 bits per heavy atom. The molecule has 0 saturated heterocycles. The molecule has 0 radical (unpaired) electrons. The molecule has 2 aromatic rings. The number of aromatic nitrogens is 2. The van der Waals surface area contributed by atoms with Crippen LogP contribution in [-0.4, -0.2) is 16.5 Å². The average Bonchev–Trinajstić information content (AvgIpc) is 2.46. The van der Waals surface area contributed by atoms with E-state index >= 15 is 0 Å². The molecule has 1 unspecified atom stereocenters. The molecule has 100 valence electrons. The third kappa shape index (κ3) is 3.76. The molecule has 4 nitrogen and oxygen atoms in total. The van der Waals surface area contributed by atoms with Crippen LogP contribution in [0.5, 0.6) is 0 Å². The number of nitrogens with two attached hydrogens (primary N) is 1. The molecule has 0 aliphatic heterocycles. The van der Waals surface area contributed by atoms with Gasteiger partial charge in [0.15, 0.2) is 0 Å². The van der Waals surface area contributed by atoms with Crippen molar-refractivity contribution in [1.29, 1.82) is 0 Å². The maximum Gasteiger partial charge on any atom is 0.129 e. The van der Waals surface area contributed by atoms with Gasteiger partial charge in [0.05, 0.1) is 0 Å². The van der Waals surface area contributed by atoms with Crippen LogP contribution in [0.25, 0.3) is 0 Å². The van der Waals surface area contributed by atoms with Crippen LogP contribution in [0.1, 0.15) is 37.1 Å². The van der Waals surface area contributed by atoms with Crippen LogP contribution in [0.3, 0.4) is 0 Å². The number of hydrogen-bond acceptors (Lipinski definition) is 4. The lowest BCUT2D eigenvalue weighted by molar-refractivity contribution is 0.758. The predicted octanol–water partition coefficient (Wildman–Crippen LogP) is 2.71. The number of rotatable bonds is 5. The molecule has 1 heterocycles. The van der Waals surface area contributed by atoms with Gasteiger partial charge in [0.1, 0.15) is 12.1 Å². The zero-order valence-corrected chi connectivity index (χ0v) is 11.4. The average molecular weight is 256 g/mol. The van der Waals surface area contributed by atoms with E-state index in [0.29, 0.717) is 12.5 Å².